The van der Waals surface area contributed by atoms with Crippen LogP contribution in [0.15, 0.2) is 23.6 Å². The summed E-state index contributed by atoms with van der Waals surface area (Å²) in [7, 11) is 1.37. The van der Waals surface area contributed by atoms with Crippen molar-refractivity contribution < 1.29 is 28.5 Å². The van der Waals surface area contributed by atoms with Gasteiger partial charge in [-0.05, 0) is 42.2 Å². The molecule has 0 spiro atoms. The molecule has 30 heavy (non-hydrogen) atoms. The molecule has 3 heterocycles. The molecule has 1 unspecified atom stereocenters. The Labute approximate surface area is 183 Å². The Morgan fingerprint density at radius 1 is 1.37 bits per heavy atom. The lowest BCUT2D eigenvalue weighted by molar-refractivity contribution is -0.0280. The standard InChI is InChI=1S/C20H22N2O6S2/c1-12-10-30-18(19(23)24-2)17(12)21-20(29)22-5-6-25-14(8-22)9-26-13-3-4-15-16(7-13)28-11-27-15/h3-4,7,10,14H,5-6,8-9,11H2,1-2H3,(H,21,29). The number of aryl methyl sites for hydroxylation is 1. The highest BCUT2D eigenvalue weighted by molar-refractivity contribution is 7.80. The molecule has 8 nitrogen and oxygen atoms in total. The van der Waals surface area contributed by atoms with Crippen LogP contribution in [0.4, 0.5) is 5.69 Å². The number of carbonyl (C=O) groups is 1. The molecule has 2 aliphatic rings. The van der Waals surface area contributed by atoms with E-state index in [1.54, 1.807) is 0 Å². The monoisotopic (exact) mass is 450 g/mol. The van der Waals surface area contributed by atoms with Crippen LogP contribution in [-0.2, 0) is 9.47 Å². The summed E-state index contributed by atoms with van der Waals surface area (Å²) in [5, 5.41) is 5.65. The van der Waals surface area contributed by atoms with Crippen molar-refractivity contribution in [2.45, 2.75) is 13.0 Å². The molecule has 0 amide bonds. The summed E-state index contributed by atoms with van der Waals surface area (Å²) >= 11 is 6.92. The van der Waals surface area contributed by atoms with E-state index in [1.165, 1.54) is 18.4 Å². The van der Waals surface area contributed by atoms with E-state index < -0.39 is 0 Å². The Hall–Kier alpha value is -2.56. The van der Waals surface area contributed by atoms with Crippen LogP contribution >= 0.6 is 23.6 Å². The number of anilines is 1. The molecule has 2 aliphatic heterocycles. The fourth-order valence-electron chi connectivity index (χ4n) is 3.19. The van der Waals surface area contributed by atoms with Crippen LogP contribution in [-0.4, -0.2) is 62.3 Å². The van der Waals surface area contributed by atoms with Crippen LogP contribution in [0.2, 0.25) is 0 Å². The van der Waals surface area contributed by atoms with Gasteiger partial charge in [0.1, 0.15) is 23.3 Å². The maximum atomic E-state index is 12.0. The normalized spacial score (nSPS) is 17.5. The summed E-state index contributed by atoms with van der Waals surface area (Å²) in [6.07, 6.45) is -0.146. The Balaban J connectivity index is 1.34. The molecule has 160 valence electrons. The second-order valence-corrected chi connectivity index (χ2v) is 8.08. The first-order chi connectivity index (χ1) is 14.5. The van der Waals surface area contributed by atoms with Gasteiger partial charge in [-0.2, -0.15) is 0 Å². The Morgan fingerprint density at radius 3 is 3.03 bits per heavy atom. The lowest BCUT2D eigenvalue weighted by Crippen LogP contribution is -2.49. The predicted molar refractivity (Wildman–Crippen MR) is 116 cm³/mol. The highest BCUT2D eigenvalue weighted by atomic mass is 32.1. The lowest BCUT2D eigenvalue weighted by Gasteiger charge is -2.34. The van der Waals surface area contributed by atoms with Gasteiger partial charge in [0.2, 0.25) is 6.79 Å². The third-order valence-electron chi connectivity index (χ3n) is 4.78. The minimum absolute atomic E-state index is 0.146. The first kappa shape index (κ1) is 20.7. The molecule has 0 radical (unpaired) electrons. The Bertz CT molecular complexity index is 947. The fraction of sp³-hybridized carbons (Fsp3) is 0.400. The third kappa shape index (κ3) is 4.45. The number of hydrogen-bond acceptors (Lipinski definition) is 8. The summed E-state index contributed by atoms with van der Waals surface area (Å²) in [6, 6.07) is 5.48. The number of hydrogen-bond donors (Lipinski definition) is 1. The number of benzene rings is 1. The van der Waals surface area contributed by atoms with Gasteiger partial charge < -0.3 is 33.9 Å². The summed E-state index contributed by atoms with van der Waals surface area (Å²) in [6.45, 7) is 4.30. The topological polar surface area (TPSA) is 78.5 Å². The number of rotatable bonds is 5. The second-order valence-electron chi connectivity index (χ2n) is 6.81. The van der Waals surface area contributed by atoms with Crippen LogP contribution in [0.25, 0.3) is 0 Å². The zero-order valence-electron chi connectivity index (χ0n) is 16.6. The number of morpholine rings is 1. The van der Waals surface area contributed by atoms with E-state index in [0.717, 1.165) is 5.56 Å². The number of thiocarbonyl (C=S) groups is 1. The van der Waals surface area contributed by atoms with Gasteiger partial charge in [0.15, 0.2) is 16.6 Å². The van der Waals surface area contributed by atoms with Crippen LogP contribution < -0.4 is 19.5 Å². The third-order valence-corrected chi connectivity index (χ3v) is 6.22. The Kier molecular flexibility index (Phi) is 6.26. The molecule has 1 saturated heterocycles. The predicted octanol–water partition coefficient (Wildman–Crippen LogP) is 3.05. The summed E-state index contributed by atoms with van der Waals surface area (Å²) in [5.74, 6) is 1.71. The van der Waals surface area contributed by atoms with Gasteiger partial charge in [-0.3, -0.25) is 0 Å². The van der Waals surface area contributed by atoms with Gasteiger partial charge in [0.25, 0.3) is 0 Å². The number of esters is 1. The average molecular weight is 451 g/mol. The van der Waals surface area contributed by atoms with Gasteiger partial charge in [-0.15, -0.1) is 11.3 Å². The van der Waals surface area contributed by atoms with E-state index in [-0.39, 0.29) is 18.9 Å². The van der Waals surface area contributed by atoms with Crippen LogP contribution in [0.3, 0.4) is 0 Å². The quantitative estimate of drug-likeness (QED) is 0.546. The van der Waals surface area contributed by atoms with Crippen molar-refractivity contribution in [3.8, 4) is 17.2 Å². The minimum atomic E-state index is -0.379. The van der Waals surface area contributed by atoms with Crippen molar-refractivity contribution in [2.24, 2.45) is 0 Å². The van der Waals surface area contributed by atoms with Crippen molar-refractivity contribution in [3.05, 3.63) is 34.0 Å². The first-order valence-corrected chi connectivity index (χ1v) is 10.7. The van der Waals surface area contributed by atoms with Gasteiger partial charge in [-0.1, -0.05) is 0 Å². The summed E-state index contributed by atoms with van der Waals surface area (Å²) in [5.41, 5.74) is 1.63. The minimum Gasteiger partial charge on any atom is -0.491 e. The highest BCUT2D eigenvalue weighted by Gasteiger charge is 2.25. The zero-order valence-corrected chi connectivity index (χ0v) is 18.3. The van der Waals surface area contributed by atoms with E-state index >= 15 is 0 Å². The maximum Gasteiger partial charge on any atom is 0.350 e. The number of methoxy groups -OCH3 is 1. The second kappa shape index (κ2) is 9.07. The molecule has 0 saturated carbocycles. The smallest absolute Gasteiger partial charge is 0.350 e. The van der Waals surface area contributed by atoms with E-state index in [2.05, 4.69) is 5.32 Å². The molecule has 1 N–H and O–H groups in total. The lowest BCUT2D eigenvalue weighted by atomic mass is 10.2. The summed E-state index contributed by atoms with van der Waals surface area (Å²) in [4.78, 5) is 14.5. The number of carbonyl (C=O) groups excluding carboxylic acids is 1. The first-order valence-electron chi connectivity index (χ1n) is 9.41. The number of ether oxygens (including phenoxy) is 5. The van der Waals surface area contributed by atoms with Gasteiger partial charge in [0, 0.05) is 19.2 Å². The van der Waals surface area contributed by atoms with Gasteiger partial charge in [-0.25, -0.2) is 4.79 Å². The van der Waals surface area contributed by atoms with Crippen molar-refractivity contribution in [3.63, 3.8) is 0 Å². The van der Waals surface area contributed by atoms with Crippen molar-refractivity contribution in [2.75, 3.05) is 45.5 Å². The Morgan fingerprint density at radius 2 is 2.20 bits per heavy atom. The molecule has 2 aromatic rings. The molecule has 10 heteroatoms. The molecule has 1 fully saturated rings. The maximum absolute atomic E-state index is 12.0. The summed E-state index contributed by atoms with van der Waals surface area (Å²) < 4.78 is 27.3. The molecule has 0 aliphatic carbocycles. The number of nitrogens with one attached hydrogen (secondary N) is 1. The fourth-order valence-corrected chi connectivity index (χ4v) is 4.38. The molecular weight excluding hydrogens is 428 g/mol. The average Bonchev–Trinajstić information content (AvgIpc) is 3.38. The van der Waals surface area contributed by atoms with Gasteiger partial charge in [0.05, 0.1) is 19.4 Å². The number of nitrogens with zero attached hydrogens (tertiary/aromatic N) is 1. The van der Waals surface area contributed by atoms with E-state index in [9.17, 15) is 4.79 Å². The largest absolute Gasteiger partial charge is 0.491 e. The van der Waals surface area contributed by atoms with E-state index in [0.29, 0.717) is 59.2 Å². The molecule has 1 atom stereocenters. The van der Waals surface area contributed by atoms with Crippen molar-refractivity contribution >= 4 is 40.3 Å². The molecule has 0 bridgehead atoms. The SMILES string of the molecule is COC(=O)c1scc(C)c1NC(=S)N1CCOC(COc2ccc3c(c2)OCO3)C1. The van der Waals surface area contributed by atoms with Crippen LogP contribution in [0.5, 0.6) is 17.2 Å². The molecule has 1 aromatic heterocycles. The molecule has 1 aromatic carbocycles. The molecular formula is C20H22N2O6S2. The van der Waals surface area contributed by atoms with Crippen LogP contribution in [0.1, 0.15) is 15.2 Å². The van der Waals surface area contributed by atoms with Crippen molar-refractivity contribution in [1.82, 2.24) is 4.90 Å². The van der Waals surface area contributed by atoms with Crippen molar-refractivity contribution in [1.29, 1.82) is 0 Å². The van der Waals surface area contributed by atoms with E-state index in [4.69, 9.17) is 35.9 Å². The highest BCUT2D eigenvalue weighted by Crippen LogP contribution is 2.35. The van der Waals surface area contributed by atoms with Crippen LogP contribution in [0, 0.1) is 6.92 Å². The van der Waals surface area contributed by atoms with E-state index in [1.807, 2.05) is 35.4 Å². The zero-order chi connectivity index (χ0) is 21.1. The number of fused-ring (bicyclic) bond motifs is 1. The van der Waals surface area contributed by atoms with Gasteiger partial charge >= 0.3 is 5.97 Å². The molecule has 4 rings (SSSR count). The number of thiophene rings is 1.